The van der Waals surface area contributed by atoms with Crippen LogP contribution in [0.25, 0.3) is 178 Å². The summed E-state index contributed by atoms with van der Waals surface area (Å²) in [6.07, 6.45) is 8.45. The van der Waals surface area contributed by atoms with Crippen molar-refractivity contribution in [1.29, 1.82) is 0 Å². The van der Waals surface area contributed by atoms with E-state index in [9.17, 15) is 0 Å². The van der Waals surface area contributed by atoms with Crippen LogP contribution in [0, 0.1) is 68.2 Å². The first-order valence-corrected chi connectivity index (χ1v) is 40.6. The highest BCUT2D eigenvalue weighted by Crippen LogP contribution is 2.43. The lowest BCUT2D eigenvalue weighted by molar-refractivity contribution is -0.660. The number of nitrogens with zero attached hydrogens (tertiary/aromatic N) is 8. The lowest BCUT2D eigenvalue weighted by Crippen LogP contribution is -2.30. The Balaban J connectivity index is 0.000000121. The minimum atomic E-state index is -2.40. The Bertz CT molecular complexity index is 7720. The van der Waals surface area contributed by atoms with E-state index >= 15 is 0 Å². The van der Waals surface area contributed by atoms with Gasteiger partial charge in [0.05, 0.1) is 22.3 Å². The van der Waals surface area contributed by atoms with E-state index in [-0.39, 0.29) is 6.42 Å². The highest BCUT2D eigenvalue weighted by Gasteiger charge is 2.28. The number of hydrogen-bond donors (Lipinski definition) is 0. The second-order valence-corrected chi connectivity index (χ2v) is 31.9. The molecule has 0 spiro atoms. The van der Waals surface area contributed by atoms with Gasteiger partial charge in [0, 0.05) is 125 Å². The van der Waals surface area contributed by atoms with E-state index in [4.69, 9.17) is 28.6 Å². The second kappa shape index (κ2) is 32.6. The third-order valence-electron chi connectivity index (χ3n) is 22.9. The van der Waals surface area contributed by atoms with Crippen LogP contribution in [0.15, 0.2) is 291 Å². The number of aromatic nitrogens is 8. The Morgan fingerprint density at radius 1 is 0.300 bits per heavy atom. The van der Waals surface area contributed by atoms with Crippen molar-refractivity contribution >= 4 is 88.3 Å². The number of benzene rings is 8. The van der Waals surface area contributed by atoms with Gasteiger partial charge in [0.2, 0.25) is 45.6 Å². The number of furan rings is 4. The fourth-order valence-electron chi connectivity index (χ4n) is 16.3. The molecule has 8 aromatic carbocycles. The van der Waals surface area contributed by atoms with Gasteiger partial charge < -0.3 is 17.7 Å². The van der Waals surface area contributed by atoms with Gasteiger partial charge in [-0.05, 0) is 207 Å². The number of fused-ring (bicyclic) bond motifs is 12. The fraction of sp³-hybridized carbons (Fsp3) is 0.185. The first-order valence-electron chi connectivity index (χ1n) is 44.6. The molecule has 120 heavy (non-hydrogen) atoms. The first kappa shape index (κ1) is 69.3. The maximum absolute atomic E-state index is 8.35. The van der Waals surface area contributed by atoms with E-state index in [1.54, 1.807) is 12.1 Å². The van der Waals surface area contributed by atoms with Crippen molar-refractivity contribution in [2.24, 2.45) is 34.1 Å². The van der Waals surface area contributed by atoms with E-state index in [2.05, 4.69) is 263 Å². The molecule has 0 aliphatic rings. The summed E-state index contributed by atoms with van der Waals surface area (Å²) in [6.45, 7) is 16.6. The van der Waals surface area contributed by atoms with Crippen molar-refractivity contribution in [3.05, 3.63) is 335 Å². The minimum absolute atomic E-state index is 0.166. The van der Waals surface area contributed by atoms with Crippen LogP contribution in [-0.4, -0.2) is 19.9 Å². The normalized spacial score (nSPS) is 13.7. The molecular formula is C108H100N8O4+4. The van der Waals surface area contributed by atoms with Crippen LogP contribution >= 0.6 is 0 Å². The molecule has 0 saturated heterocycles. The molecule has 12 heteroatoms. The van der Waals surface area contributed by atoms with Crippen molar-refractivity contribution in [3.63, 3.8) is 0 Å². The van der Waals surface area contributed by atoms with E-state index in [1.165, 1.54) is 52.8 Å². The fourth-order valence-corrected chi connectivity index (χ4v) is 16.3. The molecule has 20 aromatic rings. The maximum atomic E-state index is 8.35. The molecule has 12 nitrogen and oxygen atoms in total. The minimum Gasteiger partial charge on any atom is -0.437 e. The molecule has 592 valence electrons. The Morgan fingerprint density at radius 2 is 0.583 bits per heavy atom. The van der Waals surface area contributed by atoms with Crippen LogP contribution in [0.2, 0.25) is 0 Å². The molecule has 0 N–H and O–H groups in total. The molecule has 0 radical (unpaired) electrons. The van der Waals surface area contributed by atoms with Gasteiger partial charge in [0.15, 0.2) is 47.1 Å². The van der Waals surface area contributed by atoms with Crippen LogP contribution < -0.4 is 18.3 Å². The summed E-state index contributed by atoms with van der Waals surface area (Å²) in [4.78, 5) is 18.4. The number of pyridine rings is 8. The molecular weight excluding hydrogens is 1470 g/mol. The number of hydrogen-bond acceptors (Lipinski definition) is 8. The van der Waals surface area contributed by atoms with E-state index in [1.807, 2.05) is 127 Å². The number of aryl methyl sites for hydroxylation is 13. The predicted molar refractivity (Wildman–Crippen MR) is 490 cm³/mol. The van der Waals surface area contributed by atoms with E-state index in [0.717, 1.165) is 172 Å². The summed E-state index contributed by atoms with van der Waals surface area (Å²) >= 11 is 0. The standard InChI is InChI=1S/C29H29N2O.C28H27N2O.C26H23N2O.C25H21N2O/c1-18(2)16-21-8-10-22(11-9-21)23-14-15-31(5)26(17-23)27-19(3)6-12-24-25-13-7-20(4)30-29(25)32-28(24)27;1-17(2)20-8-10-21(11-9-20)22-14-15-30(5)25(16-22)26-18(3)6-12-23-24-13-7-19(4)29-28(24)31-27(23)26;1-16-5-9-19(10-6-16)20-13-14-28(4)23(15-20)24-17(2)7-11-21-22-12-8-18(3)27-26(22)29-25(21)24;1-16-9-11-20-21-12-10-17(2)26-25(21)28-24(20)23(16)22-15-19(13-14-27(22)3)18-7-5-4-6-8-18/h6-15,17-18H,16H2,1-5H3;6-17H,1-5H3;5-15H,1-4H3;4-15H,1-3H3/q4*+1/i1D3,18D;1D3,17D;;. The molecule has 0 fully saturated rings. The van der Waals surface area contributed by atoms with Gasteiger partial charge in [0.25, 0.3) is 0 Å². The van der Waals surface area contributed by atoms with Gasteiger partial charge in [-0.2, -0.15) is 0 Å². The topological polar surface area (TPSA) is 120 Å². The molecule has 12 heterocycles. The highest BCUT2D eigenvalue weighted by molar-refractivity contribution is 6.12. The highest BCUT2D eigenvalue weighted by atomic mass is 16.4. The Labute approximate surface area is 712 Å². The largest absolute Gasteiger partial charge is 0.437 e. The van der Waals surface area contributed by atoms with Crippen LogP contribution in [0.1, 0.15) is 106 Å². The average Bonchev–Trinajstić information content (AvgIpc) is 1.60. The SMILES string of the molecule is Cc1ccc(-c2cc[n+](C)c(-c3c(C)ccc4c3oc3nc(C)ccc34)c2)cc1.Cc1ccc2c(n1)oc1c(-c3cc(-c4ccccc4)cc[n+]3C)c(C)ccc12.[2H]C([2H])([2H])C([2H])(C)Cc1ccc(-c2cc[n+](C)c(-c3c(C)ccc4c3oc3nc(C)ccc34)c2)cc1.[2H]C([2H])([2H])C([2H])(C)c1ccc(-c2cc[n+](C)c(-c3c(C)ccc4c3oc3nc(C)ccc34)c2)cc1. The quantitative estimate of drug-likeness (QED) is 0.117. The molecule has 0 amide bonds. The van der Waals surface area contributed by atoms with E-state index < -0.39 is 25.5 Å². The van der Waals surface area contributed by atoms with Gasteiger partial charge in [-0.15, -0.1) is 0 Å². The number of rotatable bonds is 11. The zero-order chi connectivity index (χ0) is 90.3. The molecule has 12 aromatic heterocycles. The summed E-state index contributed by atoms with van der Waals surface area (Å²) in [5.41, 5.74) is 34.4. The summed E-state index contributed by atoms with van der Waals surface area (Å²) in [5.74, 6) is -3.20. The summed E-state index contributed by atoms with van der Waals surface area (Å²) in [5, 5.41) is 8.40. The maximum Gasteiger partial charge on any atom is 0.227 e. The van der Waals surface area contributed by atoms with Crippen LogP contribution in [-0.2, 0) is 34.6 Å². The van der Waals surface area contributed by atoms with Crippen molar-refractivity contribution in [2.45, 2.75) is 102 Å². The van der Waals surface area contributed by atoms with Gasteiger partial charge in [-0.3, -0.25) is 0 Å². The molecule has 0 bridgehead atoms. The molecule has 20 rings (SSSR count). The monoisotopic (exact) mass is 1580 g/mol. The Morgan fingerprint density at radius 3 is 0.883 bits per heavy atom. The molecule has 2 unspecified atom stereocenters. The zero-order valence-electron chi connectivity index (χ0n) is 78.4. The molecule has 0 saturated carbocycles. The Kier molecular flexibility index (Phi) is 18.8. The van der Waals surface area contributed by atoms with Gasteiger partial charge >= 0.3 is 0 Å². The van der Waals surface area contributed by atoms with E-state index in [0.29, 0.717) is 28.4 Å². The van der Waals surface area contributed by atoms with Crippen LogP contribution in [0.5, 0.6) is 0 Å². The van der Waals surface area contributed by atoms with Crippen molar-refractivity contribution < 1.29 is 46.9 Å². The van der Waals surface area contributed by atoms with Crippen molar-refractivity contribution in [3.8, 4) is 89.5 Å². The molecule has 0 aliphatic heterocycles. The smallest absolute Gasteiger partial charge is 0.227 e. The summed E-state index contributed by atoms with van der Waals surface area (Å²) < 4.78 is 96.2. The Hall–Kier alpha value is -13.8. The van der Waals surface area contributed by atoms with Gasteiger partial charge in [-0.1, -0.05) is 185 Å². The third kappa shape index (κ3) is 15.4. The molecule has 2 atom stereocenters. The lowest BCUT2D eigenvalue weighted by atomic mass is 9.96. The van der Waals surface area contributed by atoms with Crippen molar-refractivity contribution in [2.75, 3.05) is 0 Å². The van der Waals surface area contributed by atoms with Crippen LogP contribution in [0.3, 0.4) is 0 Å². The van der Waals surface area contributed by atoms with Gasteiger partial charge in [-0.25, -0.2) is 38.2 Å². The second-order valence-electron chi connectivity index (χ2n) is 31.9. The summed E-state index contributed by atoms with van der Waals surface area (Å²) in [6, 6.07) is 84.8. The molecule has 0 aliphatic carbocycles. The summed E-state index contributed by atoms with van der Waals surface area (Å²) in [7, 11) is 8.19. The lowest BCUT2D eigenvalue weighted by Gasteiger charge is -2.09. The van der Waals surface area contributed by atoms with Crippen LogP contribution in [0.4, 0.5) is 0 Å². The van der Waals surface area contributed by atoms with Gasteiger partial charge in [0.1, 0.15) is 28.2 Å². The zero-order valence-corrected chi connectivity index (χ0v) is 70.4. The predicted octanol–water partition coefficient (Wildman–Crippen LogP) is 25.7. The van der Waals surface area contributed by atoms with Crippen molar-refractivity contribution in [1.82, 2.24) is 19.9 Å². The third-order valence-corrected chi connectivity index (χ3v) is 22.9. The average molecular weight is 1580 g/mol. The first-order chi connectivity index (χ1) is 61.0.